The molecule has 130 valence electrons. The highest BCUT2D eigenvalue weighted by molar-refractivity contribution is 7.92. The molecule has 7 heteroatoms. The fourth-order valence-corrected chi connectivity index (χ4v) is 3.08. The van der Waals surface area contributed by atoms with Crippen molar-refractivity contribution in [2.45, 2.75) is 26.8 Å². The molecule has 0 bridgehead atoms. The Bertz CT molecular complexity index is 889. The van der Waals surface area contributed by atoms with Gasteiger partial charge in [-0.1, -0.05) is 37.6 Å². The average molecular weight is 369 g/mol. The molecule has 1 N–H and O–H groups in total. The van der Waals surface area contributed by atoms with Gasteiger partial charge in [-0.25, -0.2) is 8.42 Å². The van der Waals surface area contributed by atoms with Gasteiger partial charge in [0, 0.05) is 18.4 Å². The standard InChI is InChI=1S/C17H21ClN2O3S/c1-12(2)7-8-20-11-14(10-16(18)17(20)21)13-5-4-6-15(9-13)19-24(3,22)23/h4-6,9-12,19H,7-8H2,1-3H3. The van der Waals surface area contributed by atoms with E-state index in [0.717, 1.165) is 23.8 Å². The first-order chi connectivity index (χ1) is 11.2. The van der Waals surface area contributed by atoms with Crippen molar-refractivity contribution in [3.63, 3.8) is 0 Å². The maximum atomic E-state index is 12.2. The Morgan fingerprint density at radius 2 is 1.92 bits per heavy atom. The molecule has 0 amide bonds. The Balaban J connectivity index is 2.41. The number of anilines is 1. The summed E-state index contributed by atoms with van der Waals surface area (Å²) in [7, 11) is -3.35. The van der Waals surface area contributed by atoms with Crippen LogP contribution in [-0.4, -0.2) is 19.2 Å². The number of sulfonamides is 1. The monoisotopic (exact) mass is 368 g/mol. The highest BCUT2D eigenvalue weighted by atomic mass is 35.5. The van der Waals surface area contributed by atoms with Gasteiger partial charge in [-0.2, -0.15) is 0 Å². The van der Waals surface area contributed by atoms with Gasteiger partial charge in [0.2, 0.25) is 10.0 Å². The van der Waals surface area contributed by atoms with Crippen LogP contribution in [0.15, 0.2) is 41.3 Å². The van der Waals surface area contributed by atoms with Crippen LogP contribution >= 0.6 is 11.6 Å². The van der Waals surface area contributed by atoms with Gasteiger partial charge < -0.3 is 4.57 Å². The number of aryl methyl sites for hydroxylation is 1. The lowest BCUT2D eigenvalue weighted by Gasteiger charge is -2.12. The second-order valence-electron chi connectivity index (χ2n) is 6.21. The first-order valence-electron chi connectivity index (χ1n) is 7.64. The van der Waals surface area contributed by atoms with Crippen LogP contribution in [0.1, 0.15) is 20.3 Å². The maximum absolute atomic E-state index is 12.2. The number of halogens is 1. The summed E-state index contributed by atoms with van der Waals surface area (Å²) in [5, 5.41) is 0.151. The van der Waals surface area contributed by atoms with Gasteiger partial charge in [0.25, 0.3) is 5.56 Å². The molecule has 2 aromatic rings. The molecule has 2 rings (SSSR count). The summed E-state index contributed by atoms with van der Waals surface area (Å²) in [6, 6.07) is 8.58. The van der Waals surface area contributed by atoms with Crippen LogP contribution in [0, 0.1) is 5.92 Å². The van der Waals surface area contributed by atoms with Crippen molar-refractivity contribution >= 4 is 27.3 Å². The Morgan fingerprint density at radius 3 is 2.54 bits per heavy atom. The molecule has 1 aromatic heterocycles. The molecule has 1 heterocycles. The normalized spacial score (nSPS) is 11.7. The van der Waals surface area contributed by atoms with Crippen LogP contribution in [0.4, 0.5) is 5.69 Å². The number of benzene rings is 1. The number of rotatable bonds is 6. The maximum Gasteiger partial charge on any atom is 0.269 e. The minimum atomic E-state index is -3.35. The van der Waals surface area contributed by atoms with Crippen LogP contribution in [0.2, 0.25) is 5.02 Å². The summed E-state index contributed by atoms with van der Waals surface area (Å²) in [6.45, 7) is 4.78. The van der Waals surface area contributed by atoms with Crippen LogP contribution in [0.3, 0.4) is 0 Å². The lowest BCUT2D eigenvalue weighted by Crippen LogP contribution is -2.21. The Labute approximate surface area is 147 Å². The van der Waals surface area contributed by atoms with Crippen molar-refractivity contribution in [2.75, 3.05) is 11.0 Å². The molecule has 0 aliphatic heterocycles. The van der Waals surface area contributed by atoms with Gasteiger partial charge in [-0.15, -0.1) is 0 Å². The fraction of sp³-hybridized carbons (Fsp3) is 0.353. The van der Waals surface area contributed by atoms with E-state index in [1.165, 1.54) is 0 Å². The minimum absolute atomic E-state index is 0.151. The van der Waals surface area contributed by atoms with Crippen molar-refractivity contribution in [1.29, 1.82) is 0 Å². The quantitative estimate of drug-likeness (QED) is 0.847. The molecule has 0 saturated heterocycles. The van der Waals surface area contributed by atoms with Gasteiger partial charge in [0.05, 0.1) is 6.26 Å². The summed E-state index contributed by atoms with van der Waals surface area (Å²) in [6.07, 6.45) is 3.73. The molecule has 5 nitrogen and oxygen atoms in total. The molecule has 0 aliphatic carbocycles. The van der Waals surface area contributed by atoms with Crippen LogP contribution in [-0.2, 0) is 16.6 Å². The van der Waals surface area contributed by atoms with E-state index in [1.807, 2.05) is 6.07 Å². The molecule has 1 aromatic carbocycles. The Hall–Kier alpha value is -1.79. The third kappa shape index (κ3) is 5.11. The number of hydrogen-bond donors (Lipinski definition) is 1. The van der Waals surface area contributed by atoms with Crippen molar-refractivity contribution in [3.05, 3.63) is 51.9 Å². The first-order valence-corrected chi connectivity index (χ1v) is 9.91. The van der Waals surface area contributed by atoms with Crippen molar-refractivity contribution in [2.24, 2.45) is 5.92 Å². The lowest BCUT2D eigenvalue weighted by molar-refractivity contribution is 0.508. The number of pyridine rings is 1. The zero-order valence-electron chi connectivity index (χ0n) is 13.9. The molecular formula is C17H21ClN2O3S. The topological polar surface area (TPSA) is 68.2 Å². The highest BCUT2D eigenvalue weighted by Gasteiger charge is 2.09. The van der Waals surface area contributed by atoms with Crippen LogP contribution in [0.25, 0.3) is 11.1 Å². The highest BCUT2D eigenvalue weighted by Crippen LogP contribution is 2.24. The molecule has 0 radical (unpaired) electrons. The summed E-state index contributed by atoms with van der Waals surface area (Å²) in [5.41, 5.74) is 1.79. The summed E-state index contributed by atoms with van der Waals surface area (Å²) in [5.74, 6) is 0.474. The first kappa shape index (κ1) is 18.5. The van der Waals surface area contributed by atoms with Gasteiger partial charge in [0.15, 0.2) is 0 Å². The number of aromatic nitrogens is 1. The largest absolute Gasteiger partial charge is 0.314 e. The zero-order chi connectivity index (χ0) is 17.9. The van der Waals surface area contributed by atoms with Gasteiger partial charge in [-0.3, -0.25) is 9.52 Å². The Morgan fingerprint density at radius 1 is 1.21 bits per heavy atom. The van der Waals surface area contributed by atoms with E-state index in [4.69, 9.17) is 11.6 Å². The molecule has 0 saturated carbocycles. The van der Waals surface area contributed by atoms with Gasteiger partial charge >= 0.3 is 0 Å². The molecule has 24 heavy (non-hydrogen) atoms. The third-order valence-electron chi connectivity index (χ3n) is 3.49. The fourth-order valence-electron chi connectivity index (χ4n) is 2.30. The van der Waals surface area contributed by atoms with E-state index in [9.17, 15) is 13.2 Å². The van der Waals surface area contributed by atoms with Crippen LogP contribution in [0.5, 0.6) is 0 Å². The van der Waals surface area contributed by atoms with E-state index >= 15 is 0 Å². The lowest BCUT2D eigenvalue weighted by atomic mass is 10.1. The minimum Gasteiger partial charge on any atom is -0.314 e. The van der Waals surface area contributed by atoms with Crippen molar-refractivity contribution in [1.82, 2.24) is 4.57 Å². The second kappa shape index (κ2) is 7.40. The summed E-state index contributed by atoms with van der Waals surface area (Å²) < 4.78 is 26.8. The summed E-state index contributed by atoms with van der Waals surface area (Å²) >= 11 is 6.09. The second-order valence-corrected chi connectivity index (χ2v) is 8.37. The van der Waals surface area contributed by atoms with Crippen molar-refractivity contribution in [3.8, 4) is 11.1 Å². The van der Waals surface area contributed by atoms with Gasteiger partial charge in [-0.05, 0) is 41.7 Å². The molecular weight excluding hydrogens is 348 g/mol. The predicted octanol–water partition coefficient (Wildman–Crippen LogP) is 3.59. The molecule has 0 atom stereocenters. The zero-order valence-corrected chi connectivity index (χ0v) is 15.5. The smallest absolute Gasteiger partial charge is 0.269 e. The van der Waals surface area contributed by atoms with E-state index in [2.05, 4.69) is 18.6 Å². The molecule has 0 unspecified atom stereocenters. The van der Waals surface area contributed by atoms with Gasteiger partial charge in [0.1, 0.15) is 5.02 Å². The van der Waals surface area contributed by atoms with E-state index < -0.39 is 10.0 Å². The number of nitrogens with one attached hydrogen (secondary N) is 1. The number of nitrogens with zero attached hydrogens (tertiary/aromatic N) is 1. The summed E-state index contributed by atoms with van der Waals surface area (Å²) in [4.78, 5) is 12.2. The molecule has 0 fully saturated rings. The average Bonchev–Trinajstić information content (AvgIpc) is 2.47. The van der Waals surface area contributed by atoms with Crippen molar-refractivity contribution < 1.29 is 8.42 Å². The van der Waals surface area contributed by atoms with E-state index in [-0.39, 0.29) is 10.6 Å². The molecule has 0 aliphatic rings. The predicted molar refractivity (Wildman–Crippen MR) is 99.1 cm³/mol. The molecule has 0 spiro atoms. The third-order valence-corrected chi connectivity index (χ3v) is 4.37. The van der Waals surface area contributed by atoms with Crippen LogP contribution < -0.4 is 10.3 Å². The SMILES string of the molecule is CC(C)CCn1cc(-c2cccc(NS(C)(=O)=O)c2)cc(Cl)c1=O. The number of hydrogen-bond acceptors (Lipinski definition) is 3. The van der Waals surface area contributed by atoms with E-state index in [0.29, 0.717) is 18.2 Å². The van der Waals surface area contributed by atoms with E-state index in [1.54, 1.807) is 35.0 Å². The Kier molecular flexibility index (Phi) is 5.72.